The van der Waals surface area contributed by atoms with E-state index in [-0.39, 0.29) is 36.5 Å². The van der Waals surface area contributed by atoms with E-state index in [1.807, 2.05) is 92.1 Å². The van der Waals surface area contributed by atoms with Crippen LogP contribution in [0.3, 0.4) is 0 Å². The van der Waals surface area contributed by atoms with Gasteiger partial charge in [-0.2, -0.15) is 0 Å². The van der Waals surface area contributed by atoms with E-state index in [1.165, 1.54) is 4.88 Å². The molecule has 1 aliphatic heterocycles. The number of fused-ring (bicyclic) bond motifs is 4. The number of unbranched alkanes of at least 4 members (excludes halogenated alkanes) is 3. The van der Waals surface area contributed by atoms with Crippen LogP contribution in [0.4, 0.5) is 0 Å². The number of nitrogens with two attached hydrogens (primary N) is 3. The highest BCUT2D eigenvalue weighted by Crippen LogP contribution is 2.39. The zero-order valence-electron chi connectivity index (χ0n) is 39.6. The number of halogens is 1. The standard InChI is InChI=1S/C50H65ClN12O4S/c1-29(2)26-40(59-46(65)38(52)18-13-25-57-50(53)54)48(67)60-41(27-35-16-12-15-33-14-8-9-17-37(33)35)47(66)56-24-11-7-6-10-23-55-42(64)28-39-45-62-61-32(5)63(45)49-43(30(3)31(4)68-49)44(58-39)34-19-21-36(51)22-20-34/h8-9,12,14-17,19-22,29,38-41H,6-7,10-11,13,18,23-28,52H2,1-5H3,(H,55,64)(H,56,66)(H,59,65)(H,60,67)(H4,53,54,57)/t38-,39-,40-,41-/m0/s1. The van der Waals surface area contributed by atoms with Gasteiger partial charge < -0.3 is 38.5 Å². The van der Waals surface area contributed by atoms with E-state index in [0.717, 1.165) is 68.8 Å². The monoisotopic (exact) mass is 964 g/mol. The number of nitrogens with one attached hydrogen (secondary N) is 4. The quantitative estimate of drug-likeness (QED) is 0.0238. The van der Waals surface area contributed by atoms with Gasteiger partial charge in [0.05, 0.1) is 18.2 Å². The lowest BCUT2D eigenvalue weighted by molar-refractivity contribution is -0.132. The fourth-order valence-corrected chi connectivity index (χ4v) is 9.69. The maximum atomic E-state index is 14.0. The molecule has 0 radical (unpaired) electrons. The number of guanidine groups is 1. The summed E-state index contributed by atoms with van der Waals surface area (Å²) in [6, 6.07) is 18.2. The molecule has 0 unspecified atom stereocenters. The number of benzene rings is 3. The number of rotatable bonds is 23. The van der Waals surface area contributed by atoms with Gasteiger partial charge in [0.1, 0.15) is 29.0 Å². The van der Waals surface area contributed by atoms with Crippen LogP contribution in [-0.2, 0) is 25.6 Å². The molecule has 0 spiro atoms. The Labute approximate surface area is 407 Å². The van der Waals surface area contributed by atoms with Gasteiger partial charge in [-0.1, -0.05) is 92.9 Å². The van der Waals surface area contributed by atoms with E-state index in [9.17, 15) is 19.2 Å². The van der Waals surface area contributed by atoms with E-state index in [1.54, 1.807) is 11.3 Å². The molecule has 0 saturated heterocycles. The second-order valence-electron chi connectivity index (χ2n) is 17.8. The lowest BCUT2D eigenvalue weighted by Gasteiger charge is -2.25. The van der Waals surface area contributed by atoms with E-state index >= 15 is 0 Å². The van der Waals surface area contributed by atoms with Crippen molar-refractivity contribution in [3.63, 3.8) is 0 Å². The predicted molar refractivity (Wildman–Crippen MR) is 271 cm³/mol. The number of nitrogens with zero attached hydrogens (tertiary/aromatic N) is 5. The Morgan fingerprint density at radius 2 is 1.51 bits per heavy atom. The average molecular weight is 966 g/mol. The van der Waals surface area contributed by atoms with Crippen molar-refractivity contribution in [3.05, 3.63) is 111 Å². The fraction of sp³-hybridized carbons (Fsp3) is 0.440. The minimum atomic E-state index is -0.915. The number of aryl methyl sites for hydroxylation is 2. The van der Waals surface area contributed by atoms with Gasteiger partial charge >= 0.3 is 0 Å². The van der Waals surface area contributed by atoms with Crippen molar-refractivity contribution in [2.45, 2.75) is 117 Å². The average Bonchev–Trinajstić information content (AvgIpc) is 3.79. The van der Waals surface area contributed by atoms with Gasteiger partial charge in [0.15, 0.2) is 11.8 Å². The van der Waals surface area contributed by atoms with Crippen LogP contribution in [0, 0.1) is 26.7 Å². The van der Waals surface area contributed by atoms with Gasteiger partial charge in [0, 0.05) is 47.1 Å². The first-order valence-corrected chi connectivity index (χ1v) is 24.6. The topological polar surface area (TPSA) is 250 Å². The van der Waals surface area contributed by atoms with Crippen molar-refractivity contribution < 1.29 is 19.2 Å². The molecule has 0 saturated carbocycles. The molecule has 0 fully saturated rings. The molecular weight excluding hydrogens is 900 g/mol. The molecule has 362 valence electrons. The van der Waals surface area contributed by atoms with Crippen molar-refractivity contribution in [1.29, 1.82) is 0 Å². The Morgan fingerprint density at radius 3 is 2.24 bits per heavy atom. The van der Waals surface area contributed by atoms with Crippen molar-refractivity contribution in [1.82, 2.24) is 36.0 Å². The van der Waals surface area contributed by atoms with E-state index in [2.05, 4.69) is 50.3 Å². The molecule has 1 aliphatic rings. The number of aliphatic imine (C=N–C) groups is 2. The minimum absolute atomic E-state index is 0.0360. The summed E-state index contributed by atoms with van der Waals surface area (Å²) in [6.07, 6.45) is 4.59. The lowest BCUT2D eigenvalue weighted by atomic mass is 9.97. The van der Waals surface area contributed by atoms with Gasteiger partial charge in [-0.05, 0) is 92.8 Å². The second kappa shape index (κ2) is 24.2. The summed E-state index contributed by atoms with van der Waals surface area (Å²) in [7, 11) is 0. The largest absolute Gasteiger partial charge is 0.370 e. The van der Waals surface area contributed by atoms with Crippen molar-refractivity contribution >= 4 is 69.0 Å². The summed E-state index contributed by atoms with van der Waals surface area (Å²) in [5, 5.41) is 24.5. The second-order valence-corrected chi connectivity index (χ2v) is 19.5. The molecule has 4 amide bonds. The molecule has 0 aliphatic carbocycles. The first kappa shape index (κ1) is 51.2. The van der Waals surface area contributed by atoms with Gasteiger partial charge in [-0.25, -0.2) is 0 Å². The van der Waals surface area contributed by atoms with Crippen LogP contribution in [0.5, 0.6) is 0 Å². The van der Waals surface area contributed by atoms with Crippen LogP contribution in [-0.4, -0.2) is 87.8 Å². The smallest absolute Gasteiger partial charge is 0.243 e. The summed E-state index contributed by atoms with van der Waals surface area (Å²) in [4.78, 5) is 64.8. The van der Waals surface area contributed by atoms with Gasteiger partial charge in [-0.15, -0.1) is 21.5 Å². The number of hydrogen-bond acceptors (Lipinski definition) is 10. The van der Waals surface area contributed by atoms with Crippen LogP contribution in [0.15, 0.2) is 76.7 Å². The molecule has 0 bridgehead atoms. The summed E-state index contributed by atoms with van der Waals surface area (Å²) in [5.74, 6) is -0.0112. The van der Waals surface area contributed by atoms with Crippen LogP contribution < -0.4 is 38.5 Å². The third kappa shape index (κ3) is 13.5. The zero-order valence-corrected chi connectivity index (χ0v) is 41.2. The molecular formula is C50H65ClN12O4S. The molecule has 10 N–H and O–H groups in total. The first-order chi connectivity index (χ1) is 32.6. The lowest BCUT2D eigenvalue weighted by Crippen LogP contribution is -2.56. The van der Waals surface area contributed by atoms with E-state index in [4.69, 9.17) is 33.8 Å². The minimum Gasteiger partial charge on any atom is -0.370 e. The molecule has 5 aromatic rings. The third-order valence-electron chi connectivity index (χ3n) is 12.0. The summed E-state index contributed by atoms with van der Waals surface area (Å²) >= 11 is 7.93. The van der Waals surface area contributed by atoms with E-state index < -0.39 is 36.0 Å². The number of hydrogen-bond donors (Lipinski definition) is 7. The van der Waals surface area contributed by atoms with Crippen molar-refractivity contribution in [2.24, 2.45) is 33.1 Å². The van der Waals surface area contributed by atoms with Gasteiger partial charge in [0.2, 0.25) is 23.6 Å². The van der Waals surface area contributed by atoms with Crippen LogP contribution in [0.2, 0.25) is 5.02 Å². The fourth-order valence-electron chi connectivity index (χ4n) is 8.35. The molecule has 3 heterocycles. The number of carbonyl (C=O) groups is 4. The highest BCUT2D eigenvalue weighted by molar-refractivity contribution is 7.15. The molecule has 68 heavy (non-hydrogen) atoms. The predicted octanol–water partition coefficient (Wildman–Crippen LogP) is 5.77. The Morgan fingerprint density at radius 1 is 0.824 bits per heavy atom. The Balaban J connectivity index is 1.02. The van der Waals surface area contributed by atoms with E-state index in [0.29, 0.717) is 56.2 Å². The number of carbonyl (C=O) groups excluding carboxylic acids is 4. The van der Waals surface area contributed by atoms with Gasteiger partial charge in [0.25, 0.3) is 0 Å². The van der Waals surface area contributed by atoms with Crippen LogP contribution in [0.1, 0.15) is 110 Å². The van der Waals surface area contributed by atoms with Gasteiger partial charge in [-0.3, -0.25) is 33.7 Å². The Kier molecular flexibility index (Phi) is 18.2. The SMILES string of the molecule is Cc1sc2c(c1C)C(c1ccc(Cl)cc1)=N[C@@H](CC(=O)NCCCCCCNC(=O)[C@H](Cc1cccc3ccccc13)NC(=O)[C@H](CC(C)C)NC(=O)[C@@H](N)CCCN=C(N)N)c1nnc(C)n1-2. The summed E-state index contributed by atoms with van der Waals surface area (Å²) < 4.78 is 2.03. The Hall–Kier alpha value is -6.17. The summed E-state index contributed by atoms with van der Waals surface area (Å²) in [6.45, 7) is 11.2. The zero-order chi connectivity index (χ0) is 48.9. The third-order valence-corrected chi connectivity index (χ3v) is 13.5. The van der Waals surface area contributed by atoms with Crippen molar-refractivity contribution in [3.8, 4) is 5.00 Å². The number of amides is 4. The first-order valence-electron chi connectivity index (χ1n) is 23.4. The number of thiophene rings is 1. The summed E-state index contributed by atoms with van der Waals surface area (Å²) in [5.41, 5.74) is 21.7. The molecule has 18 heteroatoms. The molecule has 3 aromatic carbocycles. The van der Waals surface area contributed by atoms with Crippen LogP contribution >= 0.6 is 22.9 Å². The van der Waals surface area contributed by atoms with Crippen LogP contribution in [0.25, 0.3) is 15.8 Å². The molecule has 16 nitrogen and oxygen atoms in total. The maximum Gasteiger partial charge on any atom is 0.243 e. The molecule has 6 rings (SSSR count). The maximum absolute atomic E-state index is 14.0. The highest BCUT2D eigenvalue weighted by Gasteiger charge is 2.33. The number of aromatic nitrogens is 3. The molecule has 2 aromatic heterocycles. The van der Waals surface area contributed by atoms with Crippen molar-refractivity contribution in [2.75, 3.05) is 19.6 Å². The highest BCUT2D eigenvalue weighted by atomic mass is 35.5. The normalized spacial score (nSPS) is 14.5. The molecule has 4 atom stereocenters. The Bertz CT molecular complexity index is 2610.